The van der Waals surface area contributed by atoms with Gasteiger partial charge in [0, 0.05) is 31.6 Å². The lowest BCUT2D eigenvalue weighted by Gasteiger charge is -2.31. The zero-order chi connectivity index (χ0) is 24.2. The lowest BCUT2D eigenvalue weighted by molar-refractivity contribution is -0.142. The second kappa shape index (κ2) is 13.4. The maximum atomic E-state index is 13.4. The minimum atomic E-state index is -0.734. The molecule has 178 valence electrons. The molecule has 0 aliphatic rings. The molecule has 1 atom stereocenters. The van der Waals surface area contributed by atoms with Gasteiger partial charge in [-0.2, -0.15) is 0 Å². The number of methoxy groups -OCH3 is 1. The summed E-state index contributed by atoms with van der Waals surface area (Å²) in [6.45, 7) is 0.785. The van der Waals surface area contributed by atoms with Crippen molar-refractivity contribution in [3.8, 4) is 5.75 Å². The van der Waals surface area contributed by atoms with Gasteiger partial charge in [-0.1, -0.05) is 72.3 Å². The van der Waals surface area contributed by atoms with Gasteiger partial charge in [-0.25, -0.2) is 0 Å². The monoisotopic (exact) mass is 480 g/mol. The summed E-state index contributed by atoms with van der Waals surface area (Å²) in [5, 5.41) is 3.49. The number of nitrogens with one attached hydrogen (secondary N) is 1. The summed E-state index contributed by atoms with van der Waals surface area (Å²) in [5.41, 5.74) is 1.81. The number of halogens is 1. The Morgan fingerprint density at radius 2 is 1.56 bits per heavy atom. The molecule has 34 heavy (non-hydrogen) atoms. The Morgan fingerprint density at radius 1 is 0.912 bits per heavy atom. The molecule has 0 fully saturated rings. The molecule has 0 bridgehead atoms. The Labute approximate surface area is 205 Å². The average molecular weight is 481 g/mol. The summed E-state index contributed by atoms with van der Waals surface area (Å²) in [4.78, 5) is 28.3. The smallest absolute Gasteiger partial charge is 0.261 e. The summed E-state index contributed by atoms with van der Waals surface area (Å²) in [5.74, 6) is 0.0519. The van der Waals surface area contributed by atoms with E-state index in [1.165, 1.54) is 0 Å². The van der Waals surface area contributed by atoms with Crippen LogP contribution in [0.1, 0.15) is 11.1 Å². The predicted octanol–water partition coefficient (Wildman–Crippen LogP) is 4.12. The fourth-order valence-corrected chi connectivity index (χ4v) is 3.61. The van der Waals surface area contributed by atoms with Crippen LogP contribution in [0.5, 0.6) is 5.75 Å². The first-order valence-corrected chi connectivity index (χ1v) is 11.5. The fourth-order valence-electron chi connectivity index (χ4n) is 3.48. The van der Waals surface area contributed by atoms with Crippen molar-refractivity contribution in [1.82, 2.24) is 10.2 Å². The number of carbonyl (C=O) groups excluding carboxylic acids is 2. The standard InChI is InChI=1S/C27H29ClN2O4/c1-33-17-16-29-27(32)25(18-21-8-4-2-5-9-21)30(19-22-12-14-23(28)15-13-22)26(31)20-34-24-10-6-3-7-11-24/h2-15,25H,16-20H2,1H3,(H,29,32)/t25-/m1/s1. The number of rotatable bonds is 12. The molecule has 0 heterocycles. The second-order valence-corrected chi connectivity index (χ2v) is 8.18. The lowest BCUT2D eigenvalue weighted by Crippen LogP contribution is -2.52. The Bertz CT molecular complexity index is 1030. The highest BCUT2D eigenvalue weighted by atomic mass is 35.5. The van der Waals surface area contributed by atoms with Gasteiger partial charge in [0.15, 0.2) is 6.61 Å². The van der Waals surface area contributed by atoms with Gasteiger partial charge in [-0.15, -0.1) is 0 Å². The van der Waals surface area contributed by atoms with Gasteiger partial charge >= 0.3 is 0 Å². The summed E-state index contributed by atoms with van der Waals surface area (Å²) < 4.78 is 10.8. The second-order valence-electron chi connectivity index (χ2n) is 7.74. The molecule has 3 aromatic rings. The first-order valence-electron chi connectivity index (χ1n) is 11.1. The quantitative estimate of drug-likeness (QED) is 0.396. The Balaban J connectivity index is 1.86. The third kappa shape index (κ3) is 7.90. The molecular weight excluding hydrogens is 452 g/mol. The van der Waals surface area contributed by atoms with Crippen LogP contribution >= 0.6 is 11.6 Å². The summed E-state index contributed by atoms with van der Waals surface area (Å²) >= 11 is 6.04. The number of amides is 2. The summed E-state index contributed by atoms with van der Waals surface area (Å²) in [6, 6.07) is 25.3. The molecule has 0 aliphatic heterocycles. The van der Waals surface area contributed by atoms with E-state index in [2.05, 4.69) is 5.32 Å². The summed E-state index contributed by atoms with van der Waals surface area (Å²) in [7, 11) is 1.57. The normalized spacial score (nSPS) is 11.5. The van der Waals surface area contributed by atoms with Crippen molar-refractivity contribution in [3.05, 3.63) is 101 Å². The largest absolute Gasteiger partial charge is 0.484 e. The molecule has 2 amide bonds. The number of nitrogens with zero attached hydrogens (tertiary/aromatic N) is 1. The summed E-state index contributed by atoms with van der Waals surface area (Å²) in [6.07, 6.45) is 0.365. The van der Waals surface area contributed by atoms with E-state index < -0.39 is 6.04 Å². The van der Waals surface area contributed by atoms with Crippen LogP contribution in [0.25, 0.3) is 0 Å². The van der Waals surface area contributed by atoms with E-state index in [9.17, 15) is 9.59 Å². The van der Waals surface area contributed by atoms with E-state index in [1.807, 2.05) is 60.7 Å². The molecule has 3 rings (SSSR count). The number of benzene rings is 3. The van der Waals surface area contributed by atoms with Crippen molar-refractivity contribution < 1.29 is 19.1 Å². The highest BCUT2D eigenvalue weighted by Gasteiger charge is 2.30. The average Bonchev–Trinajstić information content (AvgIpc) is 2.87. The zero-order valence-corrected chi connectivity index (χ0v) is 19.9. The number of para-hydroxylation sites is 1. The van der Waals surface area contributed by atoms with Crippen LogP contribution in [-0.4, -0.2) is 49.6 Å². The third-order valence-electron chi connectivity index (χ3n) is 5.25. The van der Waals surface area contributed by atoms with Crippen LogP contribution in [0, 0.1) is 0 Å². The minimum absolute atomic E-state index is 0.186. The van der Waals surface area contributed by atoms with Crippen molar-refractivity contribution >= 4 is 23.4 Å². The van der Waals surface area contributed by atoms with Crippen molar-refractivity contribution in [3.63, 3.8) is 0 Å². The maximum absolute atomic E-state index is 13.4. The predicted molar refractivity (Wildman–Crippen MR) is 133 cm³/mol. The van der Waals surface area contributed by atoms with Gasteiger partial charge in [0.25, 0.3) is 5.91 Å². The number of ether oxygens (including phenoxy) is 2. The molecule has 0 saturated heterocycles. The van der Waals surface area contributed by atoms with Gasteiger partial charge in [0.1, 0.15) is 11.8 Å². The van der Waals surface area contributed by atoms with Crippen LogP contribution in [0.3, 0.4) is 0 Å². The first kappa shape index (κ1) is 25.3. The van der Waals surface area contributed by atoms with Gasteiger partial charge in [0.2, 0.25) is 5.91 Å². The molecule has 3 aromatic carbocycles. The number of hydrogen-bond donors (Lipinski definition) is 1. The van der Waals surface area contributed by atoms with Crippen molar-refractivity contribution in [2.45, 2.75) is 19.0 Å². The third-order valence-corrected chi connectivity index (χ3v) is 5.50. The molecule has 7 heteroatoms. The molecule has 0 aromatic heterocycles. The SMILES string of the molecule is COCCNC(=O)[C@@H](Cc1ccccc1)N(Cc1ccc(Cl)cc1)C(=O)COc1ccccc1. The van der Waals surface area contributed by atoms with E-state index in [0.29, 0.717) is 30.3 Å². The first-order chi connectivity index (χ1) is 16.6. The minimum Gasteiger partial charge on any atom is -0.484 e. The van der Waals surface area contributed by atoms with Gasteiger partial charge < -0.3 is 19.7 Å². The van der Waals surface area contributed by atoms with Crippen molar-refractivity contribution in [2.24, 2.45) is 0 Å². The van der Waals surface area contributed by atoms with E-state index >= 15 is 0 Å². The Hall–Kier alpha value is -3.35. The Morgan fingerprint density at radius 3 is 2.21 bits per heavy atom. The highest BCUT2D eigenvalue weighted by molar-refractivity contribution is 6.30. The van der Waals surface area contributed by atoms with Gasteiger partial charge in [-0.05, 0) is 35.4 Å². The molecule has 0 spiro atoms. The highest BCUT2D eigenvalue weighted by Crippen LogP contribution is 2.17. The maximum Gasteiger partial charge on any atom is 0.261 e. The molecule has 0 saturated carbocycles. The molecular formula is C27H29ClN2O4. The van der Waals surface area contributed by atoms with Crippen LogP contribution in [0.2, 0.25) is 5.02 Å². The molecule has 1 N–H and O–H groups in total. The van der Waals surface area contributed by atoms with E-state index in [-0.39, 0.29) is 25.0 Å². The molecule has 6 nitrogen and oxygen atoms in total. The van der Waals surface area contributed by atoms with Crippen LogP contribution in [0.15, 0.2) is 84.9 Å². The number of hydrogen-bond acceptors (Lipinski definition) is 4. The number of carbonyl (C=O) groups is 2. The van der Waals surface area contributed by atoms with Crippen LogP contribution < -0.4 is 10.1 Å². The van der Waals surface area contributed by atoms with Crippen molar-refractivity contribution in [1.29, 1.82) is 0 Å². The van der Waals surface area contributed by atoms with Crippen molar-refractivity contribution in [2.75, 3.05) is 26.9 Å². The molecule has 0 unspecified atom stereocenters. The fraction of sp³-hybridized carbons (Fsp3) is 0.259. The Kier molecular flexibility index (Phi) is 9.95. The van der Waals surface area contributed by atoms with E-state index in [0.717, 1.165) is 11.1 Å². The zero-order valence-electron chi connectivity index (χ0n) is 19.2. The van der Waals surface area contributed by atoms with Crippen LogP contribution in [0.4, 0.5) is 0 Å². The van der Waals surface area contributed by atoms with Gasteiger partial charge in [-0.3, -0.25) is 9.59 Å². The topological polar surface area (TPSA) is 67.9 Å². The van der Waals surface area contributed by atoms with E-state index in [4.69, 9.17) is 21.1 Å². The molecule has 0 radical (unpaired) electrons. The lowest BCUT2D eigenvalue weighted by atomic mass is 10.0. The van der Waals surface area contributed by atoms with Crippen LogP contribution in [-0.2, 0) is 27.3 Å². The van der Waals surface area contributed by atoms with Gasteiger partial charge in [0.05, 0.1) is 6.61 Å². The molecule has 0 aliphatic carbocycles. The van der Waals surface area contributed by atoms with E-state index in [1.54, 1.807) is 36.3 Å².